The number of piperidine rings is 1. The molecule has 2 aromatic carbocycles. The third kappa shape index (κ3) is 4.45. The molecule has 0 unspecified atom stereocenters. The van der Waals surface area contributed by atoms with E-state index in [-0.39, 0.29) is 0 Å². The molecule has 1 atom stereocenters. The van der Waals surface area contributed by atoms with Crippen molar-refractivity contribution in [2.75, 3.05) is 51.3 Å². The Morgan fingerprint density at radius 2 is 1.63 bits per heavy atom. The molecule has 4 heteroatoms. The number of anilines is 1. The van der Waals surface area contributed by atoms with Gasteiger partial charge < -0.3 is 9.64 Å². The number of hydrogen-bond donors (Lipinski definition) is 0. The highest BCUT2D eigenvalue weighted by atomic mass is 16.5. The molecule has 2 fully saturated rings. The Morgan fingerprint density at radius 1 is 0.889 bits per heavy atom. The molecule has 0 aromatic heterocycles. The Kier molecular flexibility index (Phi) is 5.95. The van der Waals surface area contributed by atoms with Gasteiger partial charge in [0.15, 0.2) is 0 Å². The summed E-state index contributed by atoms with van der Waals surface area (Å²) in [6, 6.07) is 20.0. The van der Waals surface area contributed by atoms with Crippen LogP contribution in [0.25, 0.3) is 0 Å². The fourth-order valence-corrected chi connectivity index (χ4v) is 4.53. The number of hydrogen-bond acceptors (Lipinski definition) is 4. The lowest BCUT2D eigenvalue weighted by Gasteiger charge is -2.44. The van der Waals surface area contributed by atoms with Gasteiger partial charge in [-0.3, -0.25) is 9.80 Å². The Hall–Kier alpha value is -2.04. The lowest BCUT2D eigenvalue weighted by Crippen LogP contribution is -2.55. The Balaban J connectivity index is 1.32. The van der Waals surface area contributed by atoms with Gasteiger partial charge in [-0.25, -0.2) is 0 Å². The second kappa shape index (κ2) is 8.77. The van der Waals surface area contributed by atoms with Crippen LogP contribution in [0.2, 0.25) is 0 Å². The fraction of sp³-hybridized carbons (Fsp3) is 0.478. The summed E-state index contributed by atoms with van der Waals surface area (Å²) in [6.07, 6.45) is 2.64. The predicted octanol–water partition coefficient (Wildman–Crippen LogP) is 3.48. The van der Waals surface area contributed by atoms with Crippen LogP contribution < -0.4 is 9.64 Å². The van der Waals surface area contributed by atoms with E-state index in [2.05, 4.69) is 63.2 Å². The topological polar surface area (TPSA) is 19.0 Å². The summed E-state index contributed by atoms with van der Waals surface area (Å²) in [6.45, 7) is 7.95. The summed E-state index contributed by atoms with van der Waals surface area (Å²) < 4.78 is 5.55. The van der Waals surface area contributed by atoms with Gasteiger partial charge in [0.25, 0.3) is 0 Å². The molecule has 4 nitrogen and oxygen atoms in total. The minimum absolute atomic E-state index is 0.697. The first-order chi connectivity index (χ1) is 13.3. The monoisotopic (exact) mass is 365 g/mol. The van der Waals surface area contributed by atoms with Gasteiger partial charge in [0.2, 0.25) is 0 Å². The number of para-hydroxylation sites is 2. The lowest BCUT2D eigenvalue weighted by atomic mass is 10.0. The molecule has 2 aliphatic heterocycles. The molecule has 2 saturated heterocycles. The lowest BCUT2D eigenvalue weighted by molar-refractivity contribution is 0.0887. The van der Waals surface area contributed by atoms with Gasteiger partial charge in [-0.1, -0.05) is 42.5 Å². The summed E-state index contributed by atoms with van der Waals surface area (Å²) in [7, 11) is 1.76. The highest BCUT2D eigenvalue weighted by molar-refractivity contribution is 5.58. The van der Waals surface area contributed by atoms with E-state index >= 15 is 0 Å². The number of benzene rings is 2. The minimum Gasteiger partial charge on any atom is -0.495 e. The van der Waals surface area contributed by atoms with Crippen LogP contribution in [0.15, 0.2) is 54.6 Å². The first-order valence-corrected chi connectivity index (χ1v) is 10.2. The van der Waals surface area contributed by atoms with Crippen molar-refractivity contribution in [2.45, 2.75) is 25.4 Å². The third-order valence-corrected chi connectivity index (χ3v) is 5.99. The third-order valence-electron chi connectivity index (χ3n) is 5.99. The van der Waals surface area contributed by atoms with Crippen LogP contribution in [0.3, 0.4) is 0 Å². The summed E-state index contributed by atoms with van der Waals surface area (Å²) >= 11 is 0. The highest BCUT2D eigenvalue weighted by Crippen LogP contribution is 2.29. The van der Waals surface area contributed by atoms with Crippen molar-refractivity contribution in [3.8, 4) is 5.75 Å². The molecule has 0 radical (unpaired) electrons. The SMILES string of the molecule is COc1ccccc1N1CCN([C@H]2CCCN(Cc3ccccc3)C2)CC1. The molecule has 0 saturated carbocycles. The van der Waals surface area contributed by atoms with E-state index < -0.39 is 0 Å². The van der Waals surface area contributed by atoms with E-state index in [1.807, 2.05) is 6.07 Å². The van der Waals surface area contributed by atoms with E-state index in [1.54, 1.807) is 7.11 Å². The van der Waals surface area contributed by atoms with Crippen LogP contribution in [0, 0.1) is 0 Å². The number of rotatable bonds is 5. The second-order valence-corrected chi connectivity index (χ2v) is 7.71. The molecule has 0 spiro atoms. The molecule has 2 aromatic rings. The van der Waals surface area contributed by atoms with Crippen molar-refractivity contribution in [1.29, 1.82) is 0 Å². The average molecular weight is 366 g/mol. The van der Waals surface area contributed by atoms with Gasteiger partial charge in [0.05, 0.1) is 12.8 Å². The van der Waals surface area contributed by atoms with Gasteiger partial charge in [-0.15, -0.1) is 0 Å². The summed E-state index contributed by atoms with van der Waals surface area (Å²) in [5.41, 5.74) is 2.66. The van der Waals surface area contributed by atoms with Crippen LogP contribution in [0.5, 0.6) is 5.75 Å². The highest BCUT2D eigenvalue weighted by Gasteiger charge is 2.28. The number of ether oxygens (including phenoxy) is 1. The first kappa shape index (κ1) is 18.3. The van der Waals surface area contributed by atoms with E-state index in [1.165, 1.54) is 37.2 Å². The van der Waals surface area contributed by atoms with Gasteiger partial charge in [0.1, 0.15) is 5.75 Å². The zero-order chi connectivity index (χ0) is 18.5. The predicted molar refractivity (Wildman–Crippen MR) is 112 cm³/mol. The van der Waals surface area contributed by atoms with Crippen molar-refractivity contribution in [2.24, 2.45) is 0 Å². The van der Waals surface area contributed by atoms with Crippen LogP contribution in [-0.2, 0) is 6.54 Å². The zero-order valence-corrected chi connectivity index (χ0v) is 16.4. The van der Waals surface area contributed by atoms with E-state index in [0.29, 0.717) is 6.04 Å². The Bertz CT molecular complexity index is 713. The van der Waals surface area contributed by atoms with Crippen molar-refractivity contribution in [1.82, 2.24) is 9.80 Å². The summed E-state index contributed by atoms with van der Waals surface area (Å²) in [5.74, 6) is 0.984. The molecule has 4 rings (SSSR count). The first-order valence-electron chi connectivity index (χ1n) is 10.2. The van der Waals surface area contributed by atoms with Crippen molar-refractivity contribution in [3.63, 3.8) is 0 Å². The molecular weight excluding hydrogens is 334 g/mol. The second-order valence-electron chi connectivity index (χ2n) is 7.71. The number of methoxy groups -OCH3 is 1. The fourth-order valence-electron chi connectivity index (χ4n) is 4.53. The van der Waals surface area contributed by atoms with Crippen LogP contribution in [0.4, 0.5) is 5.69 Å². The van der Waals surface area contributed by atoms with E-state index in [0.717, 1.165) is 38.5 Å². The van der Waals surface area contributed by atoms with Crippen molar-refractivity contribution < 1.29 is 4.74 Å². The normalized spacial score (nSPS) is 22.0. The largest absolute Gasteiger partial charge is 0.495 e. The van der Waals surface area contributed by atoms with E-state index in [4.69, 9.17) is 4.74 Å². The number of piperazine rings is 1. The zero-order valence-electron chi connectivity index (χ0n) is 16.4. The van der Waals surface area contributed by atoms with Gasteiger partial charge in [-0.2, -0.15) is 0 Å². The smallest absolute Gasteiger partial charge is 0.142 e. The molecule has 0 amide bonds. The molecule has 2 aliphatic rings. The molecular formula is C23H31N3O. The van der Waals surface area contributed by atoms with Crippen molar-refractivity contribution >= 4 is 5.69 Å². The maximum atomic E-state index is 5.55. The van der Waals surface area contributed by atoms with Crippen molar-refractivity contribution in [3.05, 3.63) is 60.2 Å². The van der Waals surface area contributed by atoms with Crippen LogP contribution >= 0.6 is 0 Å². The molecule has 2 heterocycles. The van der Waals surface area contributed by atoms with Crippen LogP contribution in [-0.4, -0.2) is 62.2 Å². The Labute approximate surface area is 163 Å². The van der Waals surface area contributed by atoms with Gasteiger partial charge in [0, 0.05) is 45.3 Å². The number of nitrogens with zero attached hydrogens (tertiary/aromatic N) is 3. The minimum atomic E-state index is 0.697. The standard InChI is InChI=1S/C23H31N3O/c1-27-23-12-6-5-11-22(23)26-16-14-25(15-17-26)21-10-7-13-24(19-21)18-20-8-3-2-4-9-20/h2-6,8-9,11-12,21H,7,10,13-19H2,1H3/t21-/m0/s1. The van der Waals surface area contributed by atoms with Gasteiger partial charge >= 0.3 is 0 Å². The maximum absolute atomic E-state index is 5.55. The number of likely N-dealkylation sites (tertiary alicyclic amines) is 1. The Morgan fingerprint density at radius 3 is 2.41 bits per heavy atom. The van der Waals surface area contributed by atoms with E-state index in [9.17, 15) is 0 Å². The molecule has 0 aliphatic carbocycles. The summed E-state index contributed by atoms with van der Waals surface area (Å²) in [5, 5.41) is 0. The molecule has 27 heavy (non-hydrogen) atoms. The maximum Gasteiger partial charge on any atom is 0.142 e. The summed E-state index contributed by atoms with van der Waals surface area (Å²) in [4.78, 5) is 7.82. The quantitative estimate of drug-likeness (QED) is 0.807. The van der Waals surface area contributed by atoms with Gasteiger partial charge in [-0.05, 0) is 37.1 Å². The van der Waals surface area contributed by atoms with Crippen LogP contribution in [0.1, 0.15) is 18.4 Å². The average Bonchev–Trinajstić information content (AvgIpc) is 2.75. The molecule has 0 bridgehead atoms. The molecule has 0 N–H and O–H groups in total. The molecule has 144 valence electrons.